The maximum atomic E-state index is 12.2. The second-order valence-electron chi connectivity index (χ2n) is 4.27. The van der Waals surface area contributed by atoms with Crippen LogP contribution < -0.4 is 16.0 Å². The van der Waals surface area contributed by atoms with E-state index in [4.69, 9.17) is 5.84 Å². The molecule has 1 heterocycles. The molecule has 7 heteroatoms. The van der Waals surface area contributed by atoms with Gasteiger partial charge in [-0.25, -0.2) is 24.0 Å². The Labute approximate surface area is 118 Å². The van der Waals surface area contributed by atoms with Gasteiger partial charge in [0.15, 0.2) is 0 Å². The number of sulfonamides is 1. The van der Waals surface area contributed by atoms with E-state index in [1.54, 1.807) is 0 Å². The number of anilines is 1. The van der Waals surface area contributed by atoms with Gasteiger partial charge in [0, 0.05) is 18.8 Å². The van der Waals surface area contributed by atoms with Gasteiger partial charge in [0.25, 0.3) is 0 Å². The third-order valence-corrected chi connectivity index (χ3v) is 4.30. The van der Waals surface area contributed by atoms with Crippen LogP contribution in [0.4, 0.5) is 5.82 Å². The summed E-state index contributed by atoms with van der Waals surface area (Å²) in [7, 11) is -3.59. The number of nitrogens with two attached hydrogens (primary N) is 1. The van der Waals surface area contributed by atoms with Crippen LogP contribution in [0.15, 0.2) is 47.5 Å². The molecule has 6 nitrogen and oxygen atoms in total. The number of benzene rings is 1. The first-order valence-corrected chi connectivity index (χ1v) is 7.48. The Balaban J connectivity index is 2.17. The lowest BCUT2D eigenvalue weighted by Gasteiger charge is -2.09. The largest absolute Gasteiger partial charge is 0.308 e. The summed E-state index contributed by atoms with van der Waals surface area (Å²) in [5.74, 6) is 5.51. The smallest absolute Gasteiger partial charge is 0.241 e. The summed E-state index contributed by atoms with van der Waals surface area (Å²) < 4.78 is 26.9. The van der Waals surface area contributed by atoms with Crippen molar-refractivity contribution in [3.05, 3.63) is 53.7 Å². The Morgan fingerprint density at radius 3 is 2.70 bits per heavy atom. The molecule has 2 aromatic rings. The number of nitrogen functional groups attached to an aromatic ring is 1. The minimum atomic E-state index is -3.59. The van der Waals surface area contributed by atoms with Crippen LogP contribution >= 0.6 is 0 Å². The minimum Gasteiger partial charge on any atom is -0.308 e. The molecule has 0 saturated carbocycles. The fourth-order valence-electron chi connectivity index (χ4n) is 1.72. The second kappa shape index (κ2) is 6.00. The summed E-state index contributed by atoms with van der Waals surface area (Å²) in [6.45, 7) is 2.18. The van der Waals surface area contributed by atoms with E-state index in [-0.39, 0.29) is 11.4 Å². The number of nitrogens with zero attached hydrogens (tertiary/aromatic N) is 1. The van der Waals surface area contributed by atoms with Crippen LogP contribution in [0.2, 0.25) is 0 Å². The van der Waals surface area contributed by atoms with Gasteiger partial charge in [-0.1, -0.05) is 24.3 Å². The zero-order valence-corrected chi connectivity index (χ0v) is 11.8. The van der Waals surface area contributed by atoms with Crippen LogP contribution in [0.1, 0.15) is 11.1 Å². The van der Waals surface area contributed by atoms with E-state index in [1.807, 2.05) is 31.2 Å². The first kappa shape index (κ1) is 14.4. The molecular weight excluding hydrogens is 276 g/mol. The summed E-state index contributed by atoms with van der Waals surface area (Å²) in [5.41, 5.74) is 4.29. The van der Waals surface area contributed by atoms with Crippen LogP contribution in [-0.2, 0) is 16.6 Å². The lowest BCUT2D eigenvalue weighted by molar-refractivity contribution is 0.581. The topological polar surface area (TPSA) is 97.1 Å². The minimum absolute atomic E-state index is 0.119. The van der Waals surface area contributed by atoms with Gasteiger partial charge in [-0.2, -0.15) is 0 Å². The van der Waals surface area contributed by atoms with Crippen molar-refractivity contribution < 1.29 is 8.42 Å². The van der Waals surface area contributed by atoms with Crippen molar-refractivity contribution in [2.75, 3.05) is 5.43 Å². The summed E-state index contributed by atoms with van der Waals surface area (Å²) in [6, 6.07) is 10.4. The molecule has 0 aliphatic rings. The fraction of sp³-hybridized carbons (Fsp3) is 0.154. The van der Waals surface area contributed by atoms with E-state index < -0.39 is 10.0 Å². The van der Waals surface area contributed by atoms with E-state index >= 15 is 0 Å². The average molecular weight is 292 g/mol. The molecule has 0 spiro atoms. The van der Waals surface area contributed by atoms with Gasteiger partial charge in [-0.15, -0.1) is 0 Å². The number of pyridine rings is 1. The van der Waals surface area contributed by atoms with Crippen molar-refractivity contribution in [1.29, 1.82) is 0 Å². The molecule has 106 valence electrons. The summed E-state index contributed by atoms with van der Waals surface area (Å²) in [5, 5.41) is 0. The first-order valence-electron chi connectivity index (χ1n) is 6.00. The SMILES string of the molecule is Cc1ccccc1CNS(=O)(=O)c1ccnc(NN)c1. The van der Waals surface area contributed by atoms with Gasteiger partial charge in [0.05, 0.1) is 4.90 Å². The zero-order valence-electron chi connectivity index (χ0n) is 11.0. The molecule has 1 aromatic carbocycles. The van der Waals surface area contributed by atoms with Crippen molar-refractivity contribution in [2.24, 2.45) is 5.84 Å². The number of rotatable bonds is 5. The lowest BCUT2D eigenvalue weighted by atomic mass is 10.1. The Morgan fingerprint density at radius 2 is 2.00 bits per heavy atom. The highest BCUT2D eigenvalue weighted by atomic mass is 32.2. The van der Waals surface area contributed by atoms with Gasteiger partial charge in [0.1, 0.15) is 5.82 Å². The van der Waals surface area contributed by atoms with Crippen molar-refractivity contribution in [1.82, 2.24) is 9.71 Å². The van der Waals surface area contributed by atoms with Gasteiger partial charge >= 0.3 is 0 Å². The summed E-state index contributed by atoms with van der Waals surface area (Å²) in [6.07, 6.45) is 1.39. The van der Waals surface area contributed by atoms with Crippen molar-refractivity contribution in [3.63, 3.8) is 0 Å². The van der Waals surface area contributed by atoms with Crippen LogP contribution in [0, 0.1) is 6.92 Å². The molecule has 0 aliphatic heterocycles. The van der Waals surface area contributed by atoms with Gasteiger partial charge in [-0.05, 0) is 24.1 Å². The predicted octanol–water partition coefficient (Wildman–Crippen LogP) is 1.15. The molecule has 20 heavy (non-hydrogen) atoms. The quantitative estimate of drug-likeness (QED) is 0.567. The van der Waals surface area contributed by atoms with Crippen molar-refractivity contribution in [2.45, 2.75) is 18.4 Å². The van der Waals surface area contributed by atoms with Crippen LogP contribution in [0.3, 0.4) is 0 Å². The van der Waals surface area contributed by atoms with E-state index in [1.165, 1.54) is 18.3 Å². The monoisotopic (exact) mass is 292 g/mol. The van der Waals surface area contributed by atoms with Crippen LogP contribution in [0.25, 0.3) is 0 Å². The van der Waals surface area contributed by atoms with Crippen molar-refractivity contribution >= 4 is 15.8 Å². The molecule has 0 amide bonds. The average Bonchev–Trinajstić information content (AvgIpc) is 2.46. The van der Waals surface area contributed by atoms with E-state index in [0.717, 1.165) is 11.1 Å². The Morgan fingerprint density at radius 1 is 1.25 bits per heavy atom. The first-order chi connectivity index (χ1) is 9.53. The molecule has 0 saturated heterocycles. The number of hydrazine groups is 1. The maximum absolute atomic E-state index is 12.2. The lowest BCUT2D eigenvalue weighted by Crippen LogP contribution is -2.24. The third kappa shape index (κ3) is 3.32. The van der Waals surface area contributed by atoms with E-state index in [2.05, 4.69) is 15.1 Å². The molecule has 4 N–H and O–H groups in total. The Bertz CT molecular complexity index is 701. The number of aryl methyl sites for hydroxylation is 1. The predicted molar refractivity (Wildman–Crippen MR) is 77.3 cm³/mol. The number of aromatic nitrogens is 1. The molecule has 0 atom stereocenters. The number of hydrogen-bond donors (Lipinski definition) is 3. The Kier molecular flexibility index (Phi) is 4.33. The number of hydrogen-bond acceptors (Lipinski definition) is 5. The molecular formula is C13H16N4O2S. The summed E-state index contributed by atoms with van der Waals surface area (Å²) >= 11 is 0. The van der Waals surface area contributed by atoms with E-state index in [0.29, 0.717) is 5.82 Å². The molecule has 0 bridgehead atoms. The van der Waals surface area contributed by atoms with E-state index in [9.17, 15) is 8.42 Å². The highest BCUT2D eigenvalue weighted by Gasteiger charge is 2.14. The van der Waals surface area contributed by atoms with Gasteiger partial charge in [-0.3, -0.25) is 0 Å². The van der Waals surface area contributed by atoms with Gasteiger partial charge < -0.3 is 5.43 Å². The number of nitrogens with one attached hydrogen (secondary N) is 2. The molecule has 0 aliphatic carbocycles. The molecule has 0 unspecified atom stereocenters. The highest BCUT2D eigenvalue weighted by Crippen LogP contribution is 2.13. The van der Waals surface area contributed by atoms with Gasteiger partial charge in [0.2, 0.25) is 10.0 Å². The highest BCUT2D eigenvalue weighted by molar-refractivity contribution is 7.89. The second-order valence-corrected chi connectivity index (χ2v) is 6.04. The fourth-order valence-corrected chi connectivity index (χ4v) is 2.74. The molecule has 2 rings (SSSR count). The zero-order chi connectivity index (χ0) is 14.6. The standard InChI is InChI=1S/C13H16N4O2S/c1-10-4-2-3-5-11(10)9-16-20(18,19)12-6-7-15-13(8-12)17-14/h2-8,16H,9,14H2,1H3,(H,15,17). The third-order valence-electron chi connectivity index (χ3n) is 2.90. The molecule has 1 aromatic heterocycles. The van der Waals surface area contributed by atoms with Crippen molar-refractivity contribution in [3.8, 4) is 0 Å². The van der Waals surface area contributed by atoms with Crippen LogP contribution in [0.5, 0.6) is 0 Å². The molecule has 0 fully saturated rings. The van der Waals surface area contributed by atoms with Crippen LogP contribution in [-0.4, -0.2) is 13.4 Å². The molecule has 0 radical (unpaired) electrons. The maximum Gasteiger partial charge on any atom is 0.241 e. The summed E-state index contributed by atoms with van der Waals surface area (Å²) in [4.78, 5) is 3.99. The Hall–Kier alpha value is -1.96. The normalized spacial score (nSPS) is 11.3.